The molecule has 178 valence electrons. The van der Waals surface area contributed by atoms with E-state index in [1.54, 1.807) is 12.4 Å². The quantitative estimate of drug-likeness (QED) is 0.534. The first-order chi connectivity index (χ1) is 16.1. The summed E-state index contributed by atoms with van der Waals surface area (Å²) in [6.45, 7) is 3.41. The molecule has 0 amide bonds. The molecule has 0 radical (unpaired) electrons. The summed E-state index contributed by atoms with van der Waals surface area (Å²) in [6, 6.07) is 6.34. The molecule has 2 heterocycles. The van der Waals surface area contributed by atoms with E-state index in [9.17, 15) is 18.0 Å². The fraction of sp³-hybridized carbons (Fsp3) is 0.346. The molecular weight excluding hydrogens is 441 g/mol. The van der Waals surface area contributed by atoms with Gasteiger partial charge in [-0.05, 0) is 80.0 Å². The molecular formula is C26H27F3N4O. The standard InChI is InChI=1S/C26H27F3N4O/c1-14-3-4-19(27)23(24(14)29)25-20(28)5-6-21(33-25)22(34)10-16-13-32-8-7-18(16)15-9-17(30)12-26(2,31)11-15/h3-8,13,15,17H,9-12,30-31H2,1-2H3/t15-,17+,26?/m0/s1. The van der Waals surface area contributed by atoms with Gasteiger partial charge in [-0.15, -0.1) is 0 Å². The van der Waals surface area contributed by atoms with Crippen molar-refractivity contribution in [3.8, 4) is 11.3 Å². The van der Waals surface area contributed by atoms with E-state index in [1.807, 2.05) is 13.0 Å². The summed E-state index contributed by atoms with van der Waals surface area (Å²) < 4.78 is 43.5. The van der Waals surface area contributed by atoms with Crippen LogP contribution in [0.1, 0.15) is 59.3 Å². The first kappa shape index (κ1) is 24.0. The lowest BCUT2D eigenvalue weighted by atomic mass is 9.72. The van der Waals surface area contributed by atoms with Gasteiger partial charge in [0.15, 0.2) is 5.78 Å². The lowest BCUT2D eigenvalue weighted by Gasteiger charge is -2.39. The van der Waals surface area contributed by atoms with Crippen LogP contribution in [0, 0.1) is 24.4 Å². The Balaban J connectivity index is 1.66. The van der Waals surface area contributed by atoms with Crippen molar-refractivity contribution in [2.24, 2.45) is 11.5 Å². The van der Waals surface area contributed by atoms with E-state index < -0.39 is 40.0 Å². The van der Waals surface area contributed by atoms with Crippen LogP contribution >= 0.6 is 0 Å². The number of benzene rings is 1. The average molecular weight is 469 g/mol. The Morgan fingerprint density at radius 1 is 1.12 bits per heavy atom. The highest BCUT2D eigenvalue weighted by Gasteiger charge is 2.34. The van der Waals surface area contributed by atoms with Crippen LogP contribution in [0.2, 0.25) is 0 Å². The van der Waals surface area contributed by atoms with Crippen LogP contribution in [0.5, 0.6) is 0 Å². The number of hydrogen-bond donors (Lipinski definition) is 2. The number of halogens is 3. The van der Waals surface area contributed by atoms with Gasteiger partial charge in [0, 0.05) is 30.4 Å². The number of pyridine rings is 2. The Labute approximate surface area is 196 Å². The van der Waals surface area contributed by atoms with Crippen LogP contribution in [0.3, 0.4) is 0 Å². The molecule has 3 atom stereocenters. The molecule has 0 bridgehead atoms. The Kier molecular flexibility index (Phi) is 6.55. The first-order valence-electron chi connectivity index (χ1n) is 11.2. The predicted octanol–water partition coefficient (Wildman–Crippen LogP) is 4.61. The third-order valence-electron chi connectivity index (χ3n) is 6.41. The van der Waals surface area contributed by atoms with Gasteiger partial charge in [-0.1, -0.05) is 6.07 Å². The minimum absolute atomic E-state index is 0.0486. The topological polar surface area (TPSA) is 94.9 Å². The summed E-state index contributed by atoms with van der Waals surface area (Å²) in [7, 11) is 0. The van der Waals surface area contributed by atoms with E-state index in [0.717, 1.165) is 37.0 Å². The maximum Gasteiger partial charge on any atom is 0.185 e. The van der Waals surface area contributed by atoms with Crippen molar-refractivity contribution in [3.63, 3.8) is 0 Å². The average Bonchev–Trinajstić information content (AvgIpc) is 2.76. The zero-order chi connectivity index (χ0) is 24.6. The summed E-state index contributed by atoms with van der Waals surface area (Å²) >= 11 is 0. The van der Waals surface area contributed by atoms with Crippen molar-refractivity contribution in [3.05, 3.63) is 82.6 Å². The molecule has 5 nitrogen and oxygen atoms in total. The number of ketones is 1. The third-order valence-corrected chi connectivity index (χ3v) is 6.41. The Bertz CT molecular complexity index is 1240. The van der Waals surface area contributed by atoms with Gasteiger partial charge in [-0.2, -0.15) is 0 Å². The zero-order valence-electron chi connectivity index (χ0n) is 19.1. The molecule has 1 saturated carbocycles. The van der Waals surface area contributed by atoms with E-state index in [1.165, 1.54) is 19.1 Å². The van der Waals surface area contributed by atoms with Crippen LogP contribution < -0.4 is 11.5 Å². The third kappa shape index (κ3) is 4.88. The van der Waals surface area contributed by atoms with Gasteiger partial charge < -0.3 is 11.5 Å². The van der Waals surface area contributed by atoms with Crippen LogP contribution in [-0.2, 0) is 6.42 Å². The largest absolute Gasteiger partial charge is 0.328 e. The minimum atomic E-state index is -0.952. The van der Waals surface area contributed by atoms with Gasteiger partial charge >= 0.3 is 0 Å². The van der Waals surface area contributed by atoms with Crippen LogP contribution in [-0.4, -0.2) is 27.3 Å². The van der Waals surface area contributed by atoms with Crippen molar-refractivity contribution in [2.75, 3.05) is 0 Å². The first-order valence-corrected chi connectivity index (χ1v) is 11.2. The van der Waals surface area contributed by atoms with Crippen molar-refractivity contribution in [1.29, 1.82) is 0 Å². The van der Waals surface area contributed by atoms with E-state index in [0.29, 0.717) is 5.56 Å². The molecule has 1 unspecified atom stereocenters. The second kappa shape index (κ2) is 9.27. The molecule has 4 N–H and O–H groups in total. The van der Waals surface area contributed by atoms with Gasteiger partial charge in [0.1, 0.15) is 28.8 Å². The fourth-order valence-electron chi connectivity index (χ4n) is 4.91. The van der Waals surface area contributed by atoms with Gasteiger partial charge in [-0.3, -0.25) is 9.78 Å². The molecule has 8 heteroatoms. The van der Waals surface area contributed by atoms with E-state index in [2.05, 4.69) is 9.97 Å². The molecule has 0 spiro atoms. The second-order valence-electron chi connectivity index (χ2n) is 9.51. The van der Waals surface area contributed by atoms with Gasteiger partial charge in [0.2, 0.25) is 0 Å². The molecule has 1 fully saturated rings. The predicted molar refractivity (Wildman–Crippen MR) is 124 cm³/mol. The van der Waals surface area contributed by atoms with Crippen LogP contribution in [0.4, 0.5) is 13.2 Å². The number of nitrogens with two attached hydrogens (primary N) is 2. The van der Waals surface area contributed by atoms with Crippen molar-refractivity contribution in [1.82, 2.24) is 9.97 Å². The molecule has 34 heavy (non-hydrogen) atoms. The van der Waals surface area contributed by atoms with Gasteiger partial charge in [-0.25, -0.2) is 18.2 Å². The number of aromatic nitrogens is 2. The number of rotatable bonds is 5. The maximum atomic E-state index is 14.6. The lowest BCUT2D eigenvalue weighted by molar-refractivity contribution is 0.0987. The number of hydrogen-bond acceptors (Lipinski definition) is 5. The molecule has 4 rings (SSSR count). The Morgan fingerprint density at radius 2 is 1.85 bits per heavy atom. The summed E-state index contributed by atoms with van der Waals surface area (Å²) in [5.41, 5.74) is 12.8. The van der Waals surface area contributed by atoms with Crippen molar-refractivity contribution in [2.45, 2.75) is 57.0 Å². The number of carbonyl (C=O) groups is 1. The molecule has 0 saturated heterocycles. The molecule has 2 aromatic heterocycles. The fourth-order valence-corrected chi connectivity index (χ4v) is 4.91. The van der Waals surface area contributed by atoms with Gasteiger partial charge in [0.05, 0.1) is 5.56 Å². The summed E-state index contributed by atoms with van der Waals surface area (Å²) in [4.78, 5) is 21.3. The molecule has 0 aliphatic heterocycles. The summed E-state index contributed by atoms with van der Waals surface area (Å²) in [5, 5.41) is 0. The molecule has 1 aliphatic rings. The van der Waals surface area contributed by atoms with E-state index in [-0.39, 0.29) is 29.6 Å². The normalized spacial score (nSPS) is 22.6. The highest BCUT2D eigenvalue weighted by molar-refractivity contribution is 5.96. The van der Waals surface area contributed by atoms with E-state index >= 15 is 0 Å². The van der Waals surface area contributed by atoms with Crippen LogP contribution in [0.25, 0.3) is 11.3 Å². The zero-order valence-corrected chi connectivity index (χ0v) is 19.1. The van der Waals surface area contributed by atoms with Crippen molar-refractivity contribution < 1.29 is 18.0 Å². The Morgan fingerprint density at radius 3 is 2.59 bits per heavy atom. The molecule has 3 aromatic rings. The number of nitrogens with zero attached hydrogens (tertiary/aromatic N) is 2. The highest BCUT2D eigenvalue weighted by atomic mass is 19.1. The Hall–Kier alpha value is -3.10. The minimum Gasteiger partial charge on any atom is -0.328 e. The number of carbonyl (C=O) groups excluding carboxylic acids is 1. The maximum absolute atomic E-state index is 14.6. The number of Topliss-reactive ketones (excluding diaryl/α,β-unsaturated/α-hetero) is 1. The van der Waals surface area contributed by atoms with E-state index in [4.69, 9.17) is 11.5 Å². The molecule has 1 aromatic carbocycles. The SMILES string of the molecule is Cc1ccc(F)c(-c2nc(C(=O)Cc3cnccc3[C@H]3C[C@@H](N)CC(C)(N)C3)ccc2F)c1F. The van der Waals surface area contributed by atoms with Crippen LogP contribution in [0.15, 0.2) is 42.7 Å². The smallest absolute Gasteiger partial charge is 0.185 e. The number of aryl methyl sites for hydroxylation is 1. The van der Waals surface area contributed by atoms with Crippen molar-refractivity contribution >= 4 is 5.78 Å². The second-order valence-corrected chi connectivity index (χ2v) is 9.51. The molecule has 1 aliphatic carbocycles. The monoisotopic (exact) mass is 468 g/mol. The highest BCUT2D eigenvalue weighted by Crippen LogP contribution is 2.38. The summed E-state index contributed by atoms with van der Waals surface area (Å²) in [5.74, 6) is -3.13. The lowest BCUT2D eigenvalue weighted by Crippen LogP contribution is -2.48. The summed E-state index contributed by atoms with van der Waals surface area (Å²) in [6.07, 6.45) is 5.41. The van der Waals surface area contributed by atoms with Gasteiger partial charge in [0.25, 0.3) is 0 Å².